The molecule has 3 N–H and O–H groups in total. The van der Waals surface area contributed by atoms with Crippen LogP contribution in [0.25, 0.3) is 0 Å². The van der Waals surface area contributed by atoms with Gasteiger partial charge >= 0.3 is 0 Å². The van der Waals surface area contributed by atoms with Crippen molar-refractivity contribution in [3.8, 4) is 0 Å². The topological polar surface area (TPSA) is 95.7 Å². The van der Waals surface area contributed by atoms with Crippen LogP contribution in [-0.2, 0) is 4.74 Å². The zero-order valence-electron chi connectivity index (χ0n) is 12.1. The van der Waals surface area contributed by atoms with Crippen LogP contribution in [0.4, 0.5) is 0 Å². The summed E-state index contributed by atoms with van der Waals surface area (Å²) < 4.78 is 5.89. The van der Waals surface area contributed by atoms with Crippen molar-refractivity contribution in [3.05, 3.63) is 35.2 Å². The van der Waals surface area contributed by atoms with E-state index in [4.69, 9.17) is 4.74 Å². The number of aromatic amines is 2. The lowest BCUT2D eigenvalue weighted by Gasteiger charge is -2.12. The van der Waals surface area contributed by atoms with E-state index in [2.05, 4.69) is 25.5 Å². The molecule has 2 aromatic heterocycles. The first-order valence-electron chi connectivity index (χ1n) is 7.10. The number of aromatic nitrogens is 4. The number of nitrogens with one attached hydrogen (secondary N) is 3. The summed E-state index contributed by atoms with van der Waals surface area (Å²) in [6.07, 6.45) is 3.46. The van der Waals surface area contributed by atoms with Gasteiger partial charge in [0.1, 0.15) is 17.6 Å². The van der Waals surface area contributed by atoms with Gasteiger partial charge < -0.3 is 15.0 Å². The third kappa shape index (κ3) is 2.97. The van der Waals surface area contributed by atoms with Gasteiger partial charge in [-0.1, -0.05) is 0 Å². The fourth-order valence-electron chi connectivity index (χ4n) is 2.54. The number of amides is 1. The first-order chi connectivity index (χ1) is 10.1. The molecule has 0 aromatic carbocycles. The van der Waals surface area contributed by atoms with E-state index in [1.807, 2.05) is 19.9 Å². The van der Waals surface area contributed by atoms with E-state index >= 15 is 0 Å². The van der Waals surface area contributed by atoms with Crippen molar-refractivity contribution in [2.45, 2.75) is 38.9 Å². The van der Waals surface area contributed by atoms with Crippen molar-refractivity contribution in [1.82, 2.24) is 25.5 Å². The Hall–Kier alpha value is -2.15. The Morgan fingerprint density at radius 3 is 3.00 bits per heavy atom. The second-order valence-corrected chi connectivity index (χ2v) is 5.35. The lowest BCUT2D eigenvalue weighted by molar-refractivity contribution is 0.0391. The molecule has 1 amide bonds. The Balaban J connectivity index is 1.51. The standard InChI is InChI=1S/C14H19N5O2/c1-8-5-6-15-12(8)14(20)16-7-10-3-4-11(21-10)13-17-9(2)18-19-13/h5-6,10-11,15H,3-4,7H2,1-2H3,(H,16,20)(H,17,18,19)/t10-,11+/m1/s1. The van der Waals surface area contributed by atoms with Gasteiger partial charge in [0.2, 0.25) is 0 Å². The molecule has 3 rings (SSSR count). The third-order valence-electron chi connectivity index (χ3n) is 3.68. The van der Waals surface area contributed by atoms with Gasteiger partial charge in [-0.05, 0) is 38.3 Å². The van der Waals surface area contributed by atoms with Crippen molar-refractivity contribution < 1.29 is 9.53 Å². The lowest BCUT2D eigenvalue weighted by Crippen LogP contribution is -2.32. The van der Waals surface area contributed by atoms with Crippen molar-refractivity contribution in [1.29, 1.82) is 0 Å². The first-order valence-corrected chi connectivity index (χ1v) is 7.10. The van der Waals surface area contributed by atoms with Gasteiger partial charge in [0, 0.05) is 12.7 Å². The van der Waals surface area contributed by atoms with E-state index in [0.717, 1.165) is 24.2 Å². The predicted octanol–water partition coefficient (Wildman–Crippen LogP) is 1.40. The summed E-state index contributed by atoms with van der Waals surface area (Å²) in [7, 11) is 0. The maximum atomic E-state index is 12.0. The Bertz CT molecular complexity index is 633. The van der Waals surface area contributed by atoms with Crippen LogP contribution < -0.4 is 5.32 Å². The molecule has 1 fully saturated rings. The van der Waals surface area contributed by atoms with E-state index < -0.39 is 0 Å². The van der Waals surface area contributed by atoms with Gasteiger partial charge in [0.15, 0.2) is 5.82 Å². The molecular weight excluding hydrogens is 270 g/mol. The molecule has 2 aromatic rings. The smallest absolute Gasteiger partial charge is 0.268 e. The molecule has 1 saturated heterocycles. The maximum Gasteiger partial charge on any atom is 0.268 e. The van der Waals surface area contributed by atoms with Gasteiger partial charge in [0.05, 0.1) is 6.10 Å². The first kappa shape index (κ1) is 13.8. The number of carbonyl (C=O) groups is 1. The van der Waals surface area contributed by atoms with Gasteiger partial charge in [0.25, 0.3) is 5.91 Å². The summed E-state index contributed by atoms with van der Waals surface area (Å²) in [5.41, 5.74) is 1.54. The van der Waals surface area contributed by atoms with Crippen molar-refractivity contribution in [3.63, 3.8) is 0 Å². The molecule has 7 heteroatoms. The molecular formula is C14H19N5O2. The molecule has 0 bridgehead atoms. The van der Waals surface area contributed by atoms with Crippen LogP contribution in [0.15, 0.2) is 12.3 Å². The van der Waals surface area contributed by atoms with Crippen LogP contribution in [0.3, 0.4) is 0 Å². The largest absolute Gasteiger partial charge is 0.365 e. The quantitative estimate of drug-likeness (QED) is 0.792. The highest BCUT2D eigenvalue weighted by Gasteiger charge is 2.29. The van der Waals surface area contributed by atoms with Crippen molar-refractivity contribution in [2.75, 3.05) is 6.54 Å². The lowest BCUT2D eigenvalue weighted by atomic mass is 10.2. The van der Waals surface area contributed by atoms with E-state index in [1.165, 1.54) is 0 Å². The fourth-order valence-corrected chi connectivity index (χ4v) is 2.54. The van der Waals surface area contributed by atoms with Crippen molar-refractivity contribution >= 4 is 5.91 Å². The summed E-state index contributed by atoms with van der Waals surface area (Å²) in [4.78, 5) is 19.2. The molecule has 0 saturated carbocycles. The number of rotatable bonds is 4. The highest BCUT2D eigenvalue weighted by atomic mass is 16.5. The average Bonchev–Trinajstić information content (AvgIpc) is 3.16. The minimum atomic E-state index is -0.0988. The predicted molar refractivity (Wildman–Crippen MR) is 75.8 cm³/mol. The summed E-state index contributed by atoms with van der Waals surface area (Å²) in [5.74, 6) is 1.38. The van der Waals surface area contributed by atoms with Crippen LogP contribution in [-0.4, -0.2) is 38.7 Å². The monoisotopic (exact) mass is 289 g/mol. The second kappa shape index (κ2) is 5.69. The number of hydrogen-bond acceptors (Lipinski definition) is 4. The number of nitrogens with zero attached hydrogens (tertiary/aromatic N) is 2. The van der Waals surface area contributed by atoms with Crippen LogP contribution in [0.5, 0.6) is 0 Å². The zero-order chi connectivity index (χ0) is 14.8. The molecule has 0 radical (unpaired) electrons. The minimum Gasteiger partial charge on any atom is -0.365 e. The summed E-state index contributed by atoms with van der Waals surface area (Å²) in [6.45, 7) is 4.26. The molecule has 3 heterocycles. The molecule has 21 heavy (non-hydrogen) atoms. The summed E-state index contributed by atoms with van der Waals surface area (Å²) in [6, 6.07) is 1.88. The highest BCUT2D eigenvalue weighted by Crippen LogP contribution is 2.30. The third-order valence-corrected chi connectivity index (χ3v) is 3.68. The number of carbonyl (C=O) groups excluding carboxylic acids is 1. The van der Waals surface area contributed by atoms with E-state index in [9.17, 15) is 4.79 Å². The Kier molecular flexibility index (Phi) is 3.74. The number of H-pyrrole nitrogens is 2. The van der Waals surface area contributed by atoms with Crippen LogP contribution in [0.2, 0.25) is 0 Å². The number of hydrogen-bond donors (Lipinski definition) is 3. The van der Waals surface area contributed by atoms with Gasteiger partial charge in [-0.15, -0.1) is 0 Å². The molecule has 0 aliphatic carbocycles. The summed E-state index contributed by atoms with van der Waals surface area (Å²) in [5, 5.41) is 9.85. The van der Waals surface area contributed by atoms with Gasteiger partial charge in [-0.2, -0.15) is 5.10 Å². The van der Waals surface area contributed by atoms with Gasteiger partial charge in [-0.3, -0.25) is 9.89 Å². The number of ether oxygens (including phenoxy) is 1. The van der Waals surface area contributed by atoms with Crippen LogP contribution in [0.1, 0.15) is 46.6 Å². The Labute approximate surface area is 122 Å². The Morgan fingerprint density at radius 1 is 1.48 bits per heavy atom. The molecule has 2 atom stereocenters. The second-order valence-electron chi connectivity index (χ2n) is 5.35. The highest BCUT2D eigenvalue weighted by molar-refractivity contribution is 5.93. The Morgan fingerprint density at radius 2 is 2.33 bits per heavy atom. The summed E-state index contributed by atoms with van der Waals surface area (Å²) >= 11 is 0. The molecule has 0 spiro atoms. The molecule has 112 valence electrons. The van der Waals surface area contributed by atoms with E-state index in [-0.39, 0.29) is 18.1 Å². The normalized spacial score (nSPS) is 21.6. The van der Waals surface area contributed by atoms with E-state index in [1.54, 1.807) is 6.20 Å². The number of aryl methyl sites for hydroxylation is 2. The van der Waals surface area contributed by atoms with Crippen molar-refractivity contribution in [2.24, 2.45) is 0 Å². The van der Waals surface area contributed by atoms with Gasteiger partial charge in [-0.25, -0.2) is 4.98 Å². The SMILES string of the molecule is Cc1nc([C@@H]2CC[C@H](CNC(=O)c3[nH]ccc3C)O2)n[nH]1. The van der Waals surface area contributed by atoms with Crippen LogP contribution >= 0.6 is 0 Å². The zero-order valence-corrected chi connectivity index (χ0v) is 12.1. The maximum absolute atomic E-state index is 12.0. The molecule has 1 aliphatic rings. The fraction of sp³-hybridized carbons (Fsp3) is 0.500. The molecule has 7 nitrogen and oxygen atoms in total. The average molecular weight is 289 g/mol. The molecule has 1 aliphatic heterocycles. The van der Waals surface area contributed by atoms with Crippen LogP contribution in [0, 0.1) is 13.8 Å². The molecule has 0 unspecified atom stereocenters. The van der Waals surface area contributed by atoms with E-state index in [0.29, 0.717) is 18.1 Å². The minimum absolute atomic E-state index is 0.00743.